The predicted octanol–water partition coefficient (Wildman–Crippen LogP) is 2.42. The number of hydrogen-bond acceptors (Lipinski definition) is 1. The fourth-order valence-electron chi connectivity index (χ4n) is 1.33. The molecule has 0 unspecified atom stereocenters. The summed E-state index contributed by atoms with van der Waals surface area (Å²) in [4.78, 5) is 11.4. The van der Waals surface area contributed by atoms with Gasteiger partial charge in [-0.05, 0) is 24.6 Å². The number of terminal acetylenes is 1. The number of rotatable bonds is 4. The normalized spacial score (nSPS) is 11.6. The summed E-state index contributed by atoms with van der Waals surface area (Å²) in [6, 6.07) is 5.92. The maximum Gasteiger partial charge on any atom is 0.221 e. The predicted molar refractivity (Wildman–Crippen MR) is 61.0 cm³/mol. The quantitative estimate of drug-likeness (QED) is 0.774. The summed E-state index contributed by atoms with van der Waals surface area (Å²) in [5.74, 6) is 2.04. The molecule has 0 bridgehead atoms. The molecule has 2 nitrogen and oxygen atoms in total. The van der Waals surface area contributed by atoms with Crippen molar-refractivity contribution in [1.82, 2.24) is 5.32 Å². The number of carbonyl (C=O) groups excluding carboxylic acids is 1. The van der Waals surface area contributed by atoms with E-state index >= 15 is 0 Å². The molecule has 0 radical (unpaired) electrons. The first-order valence-electron chi connectivity index (χ1n) is 5.11. The van der Waals surface area contributed by atoms with Gasteiger partial charge in [-0.25, -0.2) is 4.39 Å². The molecule has 1 aromatic carbocycles. The van der Waals surface area contributed by atoms with Gasteiger partial charge in [-0.15, -0.1) is 12.3 Å². The van der Waals surface area contributed by atoms with E-state index in [4.69, 9.17) is 6.42 Å². The van der Waals surface area contributed by atoms with E-state index in [0.717, 1.165) is 5.56 Å². The van der Waals surface area contributed by atoms with Gasteiger partial charge in [-0.2, -0.15) is 0 Å². The van der Waals surface area contributed by atoms with Crippen LogP contribution in [0.1, 0.15) is 31.4 Å². The molecule has 84 valence electrons. The second kappa shape index (κ2) is 5.92. The number of nitrogens with one attached hydrogen (secondary N) is 1. The zero-order valence-corrected chi connectivity index (χ0v) is 9.16. The summed E-state index contributed by atoms with van der Waals surface area (Å²) in [7, 11) is 0. The third kappa shape index (κ3) is 3.74. The molecule has 0 spiro atoms. The van der Waals surface area contributed by atoms with Crippen molar-refractivity contribution in [1.29, 1.82) is 0 Å². The van der Waals surface area contributed by atoms with Crippen molar-refractivity contribution in [3.05, 3.63) is 35.6 Å². The molecular weight excluding hydrogens is 205 g/mol. The molecule has 1 amide bonds. The summed E-state index contributed by atoms with van der Waals surface area (Å²) in [5, 5.41) is 2.79. The first-order valence-corrected chi connectivity index (χ1v) is 5.11. The fraction of sp³-hybridized carbons (Fsp3) is 0.308. The summed E-state index contributed by atoms with van der Waals surface area (Å²) in [6.07, 6.45) is 5.82. The van der Waals surface area contributed by atoms with Gasteiger partial charge in [-0.1, -0.05) is 12.1 Å². The standard InChI is InChI=1S/C13H14FNO/c1-3-4-5-13(16)15-10(2)11-6-8-12(14)9-7-11/h1,6-10H,4-5H2,2H3,(H,15,16)/t10-/m0/s1. The number of carbonyl (C=O) groups is 1. The molecule has 0 aliphatic rings. The highest BCUT2D eigenvalue weighted by Gasteiger charge is 2.08. The van der Waals surface area contributed by atoms with Crippen LogP contribution >= 0.6 is 0 Å². The molecule has 0 fully saturated rings. The summed E-state index contributed by atoms with van der Waals surface area (Å²) >= 11 is 0. The maximum absolute atomic E-state index is 12.7. The van der Waals surface area contributed by atoms with E-state index in [2.05, 4.69) is 11.2 Å². The largest absolute Gasteiger partial charge is 0.350 e. The van der Waals surface area contributed by atoms with Crippen molar-refractivity contribution in [2.75, 3.05) is 0 Å². The Hall–Kier alpha value is -1.82. The molecule has 0 aliphatic heterocycles. The Kier molecular flexibility index (Phi) is 4.53. The van der Waals surface area contributed by atoms with E-state index in [1.807, 2.05) is 6.92 Å². The minimum atomic E-state index is -0.283. The molecule has 0 saturated carbocycles. The van der Waals surface area contributed by atoms with Crippen LogP contribution in [0.25, 0.3) is 0 Å². The van der Waals surface area contributed by atoms with Crippen LogP contribution in [0.3, 0.4) is 0 Å². The Bertz CT molecular complexity index is 391. The van der Waals surface area contributed by atoms with Crippen molar-refractivity contribution < 1.29 is 9.18 Å². The average Bonchev–Trinajstić information content (AvgIpc) is 2.27. The van der Waals surface area contributed by atoms with Crippen LogP contribution in [0.4, 0.5) is 4.39 Å². The van der Waals surface area contributed by atoms with Gasteiger partial charge in [0.25, 0.3) is 0 Å². The van der Waals surface area contributed by atoms with Gasteiger partial charge < -0.3 is 5.32 Å². The van der Waals surface area contributed by atoms with Crippen molar-refractivity contribution in [2.45, 2.75) is 25.8 Å². The van der Waals surface area contributed by atoms with Crippen LogP contribution in [0, 0.1) is 18.2 Å². The molecule has 1 aromatic rings. The SMILES string of the molecule is C#CCCC(=O)N[C@@H](C)c1ccc(F)cc1. The van der Waals surface area contributed by atoms with Crippen LogP contribution in [-0.4, -0.2) is 5.91 Å². The molecule has 1 N–H and O–H groups in total. The lowest BCUT2D eigenvalue weighted by Gasteiger charge is -2.13. The highest BCUT2D eigenvalue weighted by molar-refractivity contribution is 5.76. The fourth-order valence-corrected chi connectivity index (χ4v) is 1.33. The second-order valence-corrected chi connectivity index (χ2v) is 3.54. The van der Waals surface area contributed by atoms with E-state index in [1.165, 1.54) is 12.1 Å². The van der Waals surface area contributed by atoms with E-state index in [0.29, 0.717) is 12.8 Å². The smallest absolute Gasteiger partial charge is 0.221 e. The lowest BCUT2D eigenvalue weighted by molar-refractivity contribution is -0.121. The molecule has 0 heterocycles. The summed E-state index contributed by atoms with van der Waals surface area (Å²) in [6.45, 7) is 1.85. The number of hydrogen-bond donors (Lipinski definition) is 1. The Morgan fingerprint density at radius 3 is 2.69 bits per heavy atom. The third-order valence-electron chi connectivity index (χ3n) is 2.24. The topological polar surface area (TPSA) is 29.1 Å². The zero-order valence-electron chi connectivity index (χ0n) is 9.16. The van der Waals surface area contributed by atoms with Crippen molar-refractivity contribution in [3.63, 3.8) is 0 Å². The Balaban J connectivity index is 2.52. The average molecular weight is 219 g/mol. The number of halogens is 1. The molecule has 1 atom stereocenters. The van der Waals surface area contributed by atoms with Gasteiger partial charge in [0.1, 0.15) is 5.82 Å². The monoisotopic (exact) mass is 219 g/mol. The zero-order chi connectivity index (χ0) is 12.0. The van der Waals surface area contributed by atoms with Gasteiger partial charge in [0, 0.05) is 12.8 Å². The van der Waals surface area contributed by atoms with Crippen LogP contribution in [-0.2, 0) is 4.79 Å². The molecule has 3 heteroatoms. The van der Waals surface area contributed by atoms with E-state index in [9.17, 15) is 9.18 Å². The summed E-state index contributed by atoms with van der Waals surface area (Å²) in [5.41, 5.74) is 0.871. The van der Waals surface area contributed by atoms with Crippen molar-refractivity contribution in [2.24, 2.45) is 0 Å². The van der Waals surface area contributed by atoms with Crippen LogP contribution in [0.5, 0.6) is 0 Å². The van der Waals surface area contributed by atoms with E-state index in [1.54, 1.807) is 12.1 Å². The molecule has 0 saturated heterocycles. The maximum atomic E-state index is 12.7. The molecule has 1 rings (SSSR count). The highest BCUT2D eigenvalue weighted by Crippen LogP contribution is 2.12. The van der Waals surface area contributed by atoms with E-state index in [-0.39, 0.29) is 17.8 Å². The first-order chi connectivity index (χ1) is 7.63. The molecule has 0 aliphatic carbocycles. The first kappa shape index (κ1) is 12.3. The molecule has 0 aromatic heterocycles. The summed E-state index contributed by atoms with van der Waals surface area (Å²) < 4.78 is 12.7. The highest BCUT2D eigenvalue weighted by atomic mass is 19.1. The number of benzene rings is 1. The Morgan fingerprint density at radius 2 is 2.12 bits per heavy atom. The van der Waals surface area contributed by atoms with Crippen LogP contribution in [0.2, 0.25) is 0 Å². The lowest BCUT2D eigenvalue weighted by Crippen LogP contribution is -2.26. The lowest BCUT2D eigenvalue weighted by atomic mass is 10.1. The number of amides is 1. The Morgan fingerprint density at radius 1 is 1.50 bits per heavy atom. The second-order valence-electron chi connectivity index (χ2n) is 3.54. The van der Waals surface area contributed by atoms with Gasteiger partial charge in [-0.3, -0.25) is 4.79 Å². The molecule has 16 heavy (non-hydrogen) atoms. The minimum absolute atomic E-state index is 0.0882. The van der Waals surface area contributed by atoms with E-state index < -0.39 is 0 Å². The van der Waals surface area contributed by atoms with Crippen LogP contribution in [0.15, 0.2) is 24.3 Å². The van der Waals surface area contributed by atoms with Crippen molar-refractivity contribution in [3.8, 4) is 12.3 Å². The third-order valence-corrected chi connectivity index (χ3v) is 2.24. The van der Waals surface area contributed by atoms with Crippen molar-refractivity contribution >= 4 is 5.91 Å². The van der Waals surface area contributed by atoms with Gasteiger partial charge in [0.15, 0.2) is 0 Å². The van der Waals surface area contributed by atoms with Gasteiger partial charge >= 0.3 is 0 Å². The van der Waals surface area contributed by atoms with Crippen LogP contribution < -0.4 is 5.32 Å². The minimum Gasteiger partial charge on any atom is -0.350 e. The van der Waals surface area contributed by atoms with Gasteiger partial charge in [0.2, 0.25) is 5.91 Å². The Labute approximate surface area is 94.9 Å². The molecular formula is C13H14FNO. The van der Waals surface area contributed by atoms with Gasteiger partial charge in [0.05, 0.1) is 6.04 Å².